The van der Waals surface area contributed by atoms with E-state index in [0.29, 0.717) is 24.2 Å². The van der Waals surface area contributed by atoms with Gasteiger partial charge in [-0.3, -0.25) is 0 Å². The van der Waals surface area contributed by atoms with Crippen LogP contribution in [0.25, 0.3) is 0 Å². The van der Waals surface area contributed by atoms with Crippen molar-refractivity contribution in [1.82, 2.24) is 4.98 Å². The second-order valence-corrected chi connectivity index (χ2v) is 4.26. The first-order chi connectivity index (χ1) is 7.47. The highest BCUT2D eigenvalue weighted by molar-refractivity contribution is 5.36. The zero-order valence-corrected chi connectivity index (χ0v) is 8.88. The second kappa shape index (κ2) is 3.96. The molecule has 1 aliphatic rings. The number of hydrogen-bond donors (Lipinski definition) is 1. The van der Waals surface area contributed by atoms with Crippen LogP contribution in [0.1, 0.15) is 19.0 Å². The molecular weight excluding hydrogens is 217 g/mol. The molecule has 2 nitrogen and oxygen atoms in total. The summed E-state index contributed by atoms with van der Waals surface area (Å²) >= 11 is 0. The average Bonchev–Trinajstić information content (AvgIpc) is 2.91. The molecule has 1 aromatic heterocycles. The highest BCUT2D eigenvalue weighted by atomic mass is 19.4. The first kappa shape index (κ1) is 11.2. The molecule has 1 saturated carbocycles. The van der Waals surface area contributed by atoms with E-state index in [0.717, 1.165) is 12.5 Å². The third-order valence-corrected chi connectivity index (χ3v) is 2.86. The lowest BCUT2D eigenvalue weighted by molar-refractivity contribution is -0.141. The Morgan fingerprint density at radius 3 is 2.69 bits per heavy atom. The van der Waals surface area contributed by atoms with Gasteiger partial charge in [0.25, 0.3) is 0 Å². The predicted octanol–water partition coefficient (Wildman–Crippen LogP) is 3.17. The van der Waals surface area contributed by atoms with E-state index < -0.39 is 11.9 Å². The molecule has 2 atom stereocenters. The number of anilines is 1. The van der Waals surface area contributed by atoms with Gasteiger partial charge in [-0.2, -0.15) is 13.2 Å². The van der Waals surface area contributed by atoms with Gasteiger partial charge in [-0.25, -0.2) is 4.98 Å². The molecule has 16 heavy (non-hydrogen) atoms. The maximum atomic E-state index is 12.4. The van der Waals surface area contributed by atoms with Crippen LogP contribution in [0, 0.1) is 11.8 Å². The van der Waals surface area contributed by atoms with E-state index in [1.165, 1.54) is 6.07 Å². The summed E-state index contributed by atoms with van der Waals surface area (Å²) in [6, 6.07) is 3.90. The fourth-order valence-corrected chi connectivity index (χ4v) is 1.61. The number of aromatic nitrogens is 1. The highest BCUT2D eigenvalue weighted by Crippen LogP contribution is 2.37. The lowest BCUT2D eigenvalue weighted by Crippen LogP contribution is -2.11. The molecule has 0 amide bonds. The van der Waals surface area contributed by atoms with Crippen molar-refractivity contribution in [2.24, 2.45) is 11.8 Å². The summed E-state index contributed by atoms with van der Waals surface area (Å²) < 4.78 is 37.1. The van der Waals surface area contributed by atoms with Crippen LogP contribution in [0.2, 0.25) is 0 Å². The molecule has 2 unspecified atom stereocenters. The number of nitrogens with zero attached hydrogens (tertiary/aromatic N) is 1. The van der Waals surface area contributed by atoms with Gasteiger partial charge < -0.3 is 5.32 Å². The maximum absolute atomic E-state index is 12.4. The van der Waals surface area contributed by atoms with Crippen molar-refractivity contribution in [2.75, 3.05) is 11.9 Å². The summed E-state index contributed by atoms with van der Waals surface area (Å²) in [5.41, 5.74) is -0.846. The Morgan fingerprint density at radius 1 is 1.44 bits per heavy atom. The summed E-state index contributed by atoms with van der Waals surface area (Å²) in [5.74, 6) is 1.56. The summed E-state index contributed by atoms with van der Waals surface area (Å²) in [7, 11) is 0. The molecule has 5 heteroatoms. The molecule has 0 spiro atoms. The Labute approximate surface area is 91.9 Å². The third-order valence-electron chi connectivity index (χ3n) is 2.86. The smallest absolute Gasteiger partial charge is 0.370 e. The van der Waals surface area contributed by atoms with Gasteiger partial charge in [0.05, 0.1) is 0 Å². The Bertz CT molecular complexity index is 376. The van der Waals surface area contributed by atoms with E-state index in [2.05, 4.69) is 17.2 Å². The van der Waals surface area contributed by atoms with Gasteiger partial charge in [0.1, 0.15) is 11.5 Å². The van der Waals surface area contributed by atoms with Crippen LogP contribution in [0.3, 0.4) is 0 Å². The lowest BCUT2D eigenvalue weighted by atomic mass is 10.3. The molecule has 0 radical (unpaired) electrons. The molecule has 0 saturated heterocycles. The van der Waals surface area contributed by atoms with Crippen LogP contribution in [0.5, 0.6) is 0 Å². The van der Waals surface area contributed by atoms with Crippen molar-refractivity contribution >= 4 is 5.82 Å². The molecule has 0 bridgehead atoms. The minimum atomic E-state index is -4.37. The number of rotatable bonds is 3. The molecule has 88 valence electrons. The van der Waals surface area contributed by atoms with Crippen LogP contribution < -0.4 is 5.32 Å². The fourth-order valence-electron chi connectivity index (χ4n) is 1.61. The van der Waals surface area contributed by atoms with Gasteiger partial charge in [0, 0.05) is 6.54 Å². The van der Waals surface area contributed by atoms with Crippen LogP contribution >= 0.6 is 0 Å². The summed E-state index contributed by atoms with van der Waals surface area (Å²) in [5, 5.41) is 2.94. The van der Waals surface area contributed by atoms with Crippen LogP contribution in [0.4, 0.5) is 19.0 Å². The van der Waals surface area contributed by atoms with Crippen molar-refractivity contribution in [2.45, 2.75) is 19.5 Å². The SMILES string of the molecule is CC1CC1CNc1cccc(C(F)(F)F)n1. The van der Waals surface area contributed by atoms with Crippen molar-refractivity contribution < 1.29 is 13.2 Å². The van der Waals surface area contributed by atoms with Gasteiger partial charge in [0.15, 0.2) is 0 Å². The molecule has 1 aromatic rings. The fraction of sp³-hybridized carbons (Fsp3) is 0.545. The average molecular weight is 230 g/mol. The predicted molar refractivity (Wildman–Crippen MR) is 55.0 cm³/mol. The first-order valence-corrected chi connectivity index (χ1v) is 5.25. The van der Waals surface area contributed by atoms with Crippen molar-refractivity contribution in [3.63, 3.8) is 0 Å². The molecule has 1 heterocycles. The van der Waals surface area contributed by atoms with E-state index in [1.54, 1.807) is 6.07 Å². The summed E-state index contributed by atoms with van der Waals surface area (Å²) in [6.07, 6.45) is -3.23. The van der Waals surface area contributed by atoms with Gasteiger partial charge in [0.2, 0.25) is 0 Å². The number of alkyl halides is 3. The van der Waals surface area contributed by atoms with Gasteiger partial charge in [-0.05, 0) is 30.4 Å². The van der Waals surface area contributed by atoms with Gasteiger partial charge in [-0.1, -0.05) is 13.0 Å². The van der Waals surface area contributed by atoms with E-state index in [1.807, 2.05) is 0 Å². The summed E-state index contributed by atoms with van der Waals surface area (Å²) in [6.45, 7) is 2.83. The normalized spacial score (nSPS) is 24.2. The zero-order valence-electron chi connectivity index (χ0n) is 8.88. The number of halogens is 3. The topological polar surface area (TPSA) is 24.9 Å². The molecule has 1 aliphatic carbocycles. The summed E-state index contributed by atoms with van der Waals surface area (Å²) in [4.78, 5) is 3.53. The Balaban J connectivity index is 1.99. The van der Waals surface area contributed by atoms with E-state index in [9.17, 15) is 13.2 Å². The van der Waals surface area contributed by atoms with Crippen molar-refractivity contribution in [3.8, 4) is 0 Å². The number of pyridine rings is 1. The van der Waals surface area contributed by atoms with Gasteiger partial charge >= 0.3 is 6.18 Å². The molecule has 1 N–H and O–H groups in total. The van der Waals surface area contributed by atoms with Crippen LogP contribution in [-0.4, -0.2) is 11.5 Å². The quantitative estimate of drug-likeness (QED) is 0.862. The largest absolute Gasteiger partial charge is 0.433 e. The van der Waals surface area contributed by atoms with E-state index >= 15 is 0 Å². The minimum absolute atomic E-state index is 0.300. The molecule has 0 aliphatic heterocycles. The van der Waals surface area contributed by atoms with Gasteiger partial charge in [-0.15, -0.1) is 0 Å². The van der Waals surface area contributed by atoms with Crippen molar-refractivity contribution in [1.29, 1.82) is 0 Å². The van der Waals surface area contributed by atoms with Crippen LogP contribution in [0.15, 0.2) is 18.2 Å². The molecular formula is C11H13F3N2. The monoisotopic (exact) mass is 230 g/mol. The number of hydrogen-bond acceptors (Lipinski definition) is 2. The Morgan fingerprint density at radius 2 is 2.12 bits per heavy atom. The Kier molecular flexibility index (Phi) is 2.78. The lowest BCUT2D eigenvalue weighted by Gasteiger charge is -2.09. The standard InChI is InChI=1S/C11H13F3N2/c1-7-5-8(7)6-15-10-4-2-3-9(16-10)11(12,13)14/h2-4,7-8H,5-6H2,1H3,(H,15,16). The van der Waals surface area contributed by atoms with E-state index in [4.69, 9.17) is 0 Å². The maximum Gasteiger partial charge on any atom is 0.433 e. The second-order valence-electron chi connectivity index (χ2n) is 4.26. The van der Waals surface area contributed by atoms with E-state index in [-0.39, 0.29) is 0 Å². The third kappa shape index (κ3) is 2.65. The van der Waals surface area contributed by atoms with Crippen LogP contribution in [-0.2, 0) is 6.18 Å². The molecule has 0 aromatic carbocycles. The molecule has 1 fully saturated rings. The minimum Gasteiger partial charge on any atom is -0.370 e. The number of nitrogens with one attached hydrogen (secondary N) is 1. The molecule has 2 rings (SSSR count). The van der Waals surface area contributed by atoms with Crippen molar-refractivity contribution in [3.05, 3.63) is 23.9 Å². The zero-order chi connectivity index (χ0) is 11.8. The first-order valence-electron chi connectivity index (χ1n) is 5.25. The Hall–Kier alpha value is -1.26. The highest BCUT2D eigenvalue weighted by Gasteiger charge is 2.33.